The van der Waals surface area contributed by atoms with E-state index in [0.717, 1.165) is 25.9 Å². The van der Waals surface area contributed by atoms with E-state index in [2.05, 4.69) is 6.92 Å². The van der Waals surface area contributed by atoms with Gasteiger partial charge >= 0.3 is 0 Å². The lowest BCUT2D eigenvalue weighted by molar-refractivity contribution is -0.0818. The van der Waals surface area contributed by atoms with Crippen LogP contribution in [-0.4, -0.2) is 32.0 Å². The smallest absolute Gasteiger partial charge is 0.0805 e. The Bertz CT molecular complexity index is 167. The fourth-order valence-corrected chi connectivity index (χ4v) is 2.27. The lowest BCUT2D eigenvalue weighted by atomic mass is 9.85. The topological polar surface area (TPSA) is 44.5 Å². The Morgan fingerprint density at radius 2 is 1.81 bits per heavy atom. The fraction of sp³-hybridized carbons (Fsp3) is 1.00. The van der Waals surface area contributed by atoms with Gasteiger partial charge < -0.3 is 15.2 Å². The molecule has 0 aliphatic heterocycles. The summed E-state index contributed by atoms with van der Waals surface area (Å²) >= 11 is 0. The molecule has 1 fully saturated rings. The van der Waals surface area contributed by atoms with E-state index in [4.69, 9.17) is 15.2 Å². The molecule has 0 bridgehead atoms. The maximum Gasteiger partial charge on any atom is 0.0805 e. The molecule has 96 valence electrons. The van der Waals surface area contributed by atoms with Crippen molar-refractivity contribution >= 4 is 0 Å². The van der Waals surface area contributed by atoms with Crippen molar-refractivity contribution in [2.75, 3.05) is 26.4 Å². The van der Waals surface area contributed by atoms with Gasteiger partial charge in [-0.25, -0.2) is 0 Å². The molecule has 1 rings (SSSR count). The van der Waals surface area contributed by atoms with E-state index < -0.39 is 0 Å². The largest absolute Gasteiger partial charge is 0.379 e. The predicted molar refractivity (Wildman–Crippen MR) is 66.5 cm³/mol. The van der Waals surface area contributed by atoms with E-state index in [0.29, 0.717) is 19.8 Å². The molecular weight excluding hydrogens is 202 g/mol. The summed E-state index contributed by atoms with van der Waals surface area (Å²) in [5.41, 5.74) is 5.80. The maximum absolute atomic E-state index is 5.95. The third-order valence-electron chi connectivity index (χ3n) is 3.41. The van der Waals surface area contributed by atoms with Crippen molar-refractivity contribution in [3.63, 3.8) is 0 Å². The van der Waals surface area contributed by atoms with Crippen LogP contribution in [0.15, 0.2) is 0 Å². The average Bonchev–Trinajstić information content (AvgIpc) is 2.35. The average molecular weight is 229 g/mol. The summed E-state index contributed by atoms with van der Waals surface area (Å²) in [7, 11) is 0. The van der Waals surface area contributed by atoms with Crippen molar-refractivity contribution in [3.05, 3.63) is 0 Å². The van der Waals surface area contributed by atoms with Gasteiger partial charge in [-0.1, -0.05) is 32.6 Å². The van der Waals surface area contributed by atoms with Gasteiger partial charge in [-0.2, -0.15) is 0 Å². The Morgan fingerprint density at radius 1 is 1.06 bits per heavy atom. The second-order valence-corrected chi connectivity index (χ2v) is 4.76. The van der Waals surface area contributed by atoms with Gasteiger partial charge in [-0.05, 0) is 19.3 Å². The highest BCUT2D eigenvalue weighted by atomic mass is 16.5. The second kappa shape index (κ2) is 8.04. The summed E-state index contributed by atoms with van der Waals surface area (Å²) in [5, 5.41) is 0. The first-order valence-corrected chi connectivity index (χ1v) is 6.75. The number of rotatable bonds is 8. The van der Waals surface area contributed by atoms with Gasteiger partial charge in [0.1, 0.15) is 0 Å². The van der Waals surface area contributed by atoms with Crippen LogP contribution in [0.4, 0.5) is 0 Å². The zero-order chi connectivity index (χ0) is 11.7. The zero-order valence-corrected chi connectivity index (χ0v) is 10.7. The predicted octanol–water partition coefficient (Wildman–Crippen LogP) is 2.48. The van der Waals surface area contributed by atoms with Gasteiger partial charge in [0.05, 0.1) is 18.8 Å². The van der Waals surface area contributed by atoms with Gasteiger partial charge in [0.15, 0.2) is 0 Å². The Morgan fingerprint density at radius 3 is 2.44 bits per heavy atom. The molecule has 3 heteroatoms. The van der Waals surface area contributed by atoms with E-state index in [-0.39, 0.29) is 5.60 Å². The Hall–Kier alpha value is -0.120. The molecule has 1 aliphatic rings. The summed E-state index contributed by atoms with van der Waals surface area (Å²) in [5.74, 6) is 0. The molecule has 0 radical (unpaired) electrons. The molecule has 2 N–H and O–H groups in total. The molecule has 0 spiro atoms. The standard InChI is InChI=1S/C13H27NO2/c1-2-3-9-15-10-11-16-13(12-14)7-5-4-6-8-13/h2-12,14H2,1H3. The van der Waals surface area contributed by atoms with Crippen molar-refractivity contribution in [1.82, 2.24) is 0 Å². The highest BCUT2D eigenvalue weighted by molar-refractivity contribution is 4.85. The minimum Gasteiger partial charge on any atom is -0.379 e. The molecule has 0 heterocycles. The lowest BCUT2D eigenvalue weighted by Gasteiger charge is -2.36. The minimum absolute atomic E-state index is 0.0354. The normalized spacial score (nSPS) is 19.9. The van der Waals surface area contributed by atoms with Crippen LogP contribution in [-0.2, 0) is 9.47 Å². The first-order valence-electron chi connectivity index (χ1n) is 6.75. The highest BCUT2D eigenvalue weighted by Gasteiger charge is 2.31. The maximum atomic E-state index is 5.95. The molecule has 0 saturated heterocycles. The van der Waals surface area contributed by atoms with E-state index in [9.17, 15) is 0 Å². The molecule has 0 aromatic rings. The Labute approximate surface area is 99.7 Å². The van der Waals surface area contributed by atoms with Gasteiger partial charge in [0, 0.05) is 13.2 Å². The van der Waals surface area contributed by atoms with Crippen molar-refractivity contribution < 1.29 is 9.47 Å². The first-order chi connectivity index (χ1) is 7.83. The Kier molecular flexibility index (Phi) is 7.01. The molecule has 0 aromatic carbocycles. The third kappa shape index (κ3) is 4.81. The van der Waals surface area contributed by atoms with Gasteiger partial charge in [0.25, 0.3) is 0 Å². The Balaban J connectivity index is 2.08. The van der Waals surface area contributed by atoms with E-state index >= 15 is 0 Å². The quantitative estimate of drug-likeness (QED) is 0.650. The fourth-order valence-electron chi connectivity index (χ4n) is 2.27. The molecule has 0 unspecified atom stereocenters. The summed E-state index contributed by atoms with van der Waals surface area (Å²) in [6.07, 6.45) is 8.42. The number of hydrogen-bond acceptors (Lipinski definition) is 3. The van der Waals surface area contributed by atoms with Crippen LogP contribution >= 0.6 is 0 Å². The van der Waals surface area contributed by atoms with Gasteiger partial charge in [-0.15, -0.1) is 0 Å². The second-order valence-electron chi connectivity index (χ2n) is 4.76. The zero-order valence-electron chi connectivity index (χ0n) is 10.7. The van der Waals surface area contributed by atoms with Crippen LogP contribution in [0.3, 0.4) is 0 Å². The molecule has 1 saturated carbocycles. The summed E-state index contributed by atoms with van der Waals surface area (Å²) < 4.78 is 11.4. The van der Waals surface area contributed by atoms with Crippen LogP contribution in [0.2, 0.25) is 0 Å². The van der Waals surface area contributed by atoms with Gasteiger partial charge in [-0.3, -0.25) is 0 Å². The van der Waals surface area contributed by atoms with E-state index in [1.807, 2.05) is 0 Å². The number of hydrogen-bond donors (Lipinski definition) is 1. The van der Waals surface area contributed by atoms with Crippen molar-refractivity contribution in [1.29, 1.82) is 0 Å². The van der Waals surface area contributed by atoms with Crippen LogP contribution in [0.5, 0.6) is 0 Å². The summed E-state index contributed by atoms with van der Waals surface area (Å²) in [6, 6.07) is 0. The number of ether oxygens (including phenoxy) is 2. The molecule has 0 amide bonds. The van der Waals surface area contributed by atoms with Crippen molar-refractivity contribution in [2.45, 2.75) is 57.5 Å². The van der Waals surface area contributed by atoms with Crippen LogP contribution in [0.1, 0.15) is 51.9 Å². The first kappa shape index (κ1) is 13.9. The molecule has 0 atom stereocenters. The van der Waals surface area contributed by atoms with Crippen molar-refractivity contribution in [2.24, 2.45) is 5.73 Å². The molecule has 1 aliphatic carbocycles. The molecule has 0 aromatic heterocycles. The van der Waals surface area contributed by atoms with Crippen LogP contribution in [0, 0.1) is 0 Å². The minimum atomic E-state index is -0.0354. The number of unbranched alkanes of at least 4 members (excludes halogenated alkanes) is 1. The summed E-state index contributed by atoms with van der Waals surface area (Å²) in [4.78, 5) is 0. The monoisotopic (exact) mass is 229 g/mol. The SMILES string of the molecule is CCCCOCCOC1(CN)CCCCC1. The van der Waals surface area contributed by atoms with Gasteiger partial charge in [0.2, 0.25) is 0 Å². The van der Waals surface area contributed by atoms with Crippen molar-refractivity contribution in [3.8, 4) is 0 Å². The van der Waals surface area contributed by atoms with E-state index in [1.165, 1.54) is 25.7 Å². The molecule has 16 heavy (non-hydrogen) atoms. The highest BCUT2D eigenvalue weighted by Crippen LogP contribution is 2.30. The molecular formula is C13H27NO2. The summed E-state index contributed by atoms with van der Waals surface area (Å²) in [6.45, 7) is 5.09. The van der Waals surface area contributed by atoms with Crippen LogP contribution < -0.4 is 5.73 Å². The van der Waals surface area contributed by atoms with E-state index in [1.54, 1.807) is 0 Å². The lowest BCUT2D eigenvalue weighted by Crippen LogP contribution is -2.43. The molecule has 3 nitrogen and oxygen atoms in total. The van der Waals surface area contributed by atoms with Crippen LogP contribution in [0.25, 0.3) is 0 Å². The number of nitrogens with two attached hydrogens (primary N) is 1. The third-order valence-corrected chi connectivity index (χ3v) is 3.41.